The standard InChI is InChI=1S/C21H22Cl2N2O3/c1-4-21(2,3)20(28)24-15-7-5-6-13(10-15)18(26)12-19(27)25-17-11-14(22)8-9-16(17)23/h5-11H,4,12H2,1-3H3,(H,24,28)(H,25,27). The van der Waals surface area contributed by atoms with Crippen molar-refractivity contribution in [2.24, 2.45) is 5.41 Å². The highest BCUT2D eigenvalue weighted by Crippen LogP contribution is 2.26. The number of Topliss-reactive ketones (excluding diaryl/α,β-unsaturated/α-hetero) is 1. The Morgan fingerprint density at radius 1 is 1.00 bits per heavy atom. The van der Waals surface area contributed by atoms with Crippen molar-refractivity contribution in [1.82, 2.24) is 0 Å². The zero-order valence-electron chi connectivity index (χ0n) is 15.9. The molecule has 0 bridgehead atoms. The zero-order valence-corrected chi connectivity index (χ0v) is 17.4. The van der Waals surface area contributed by atoms with Gasteiger partial charge in [0.1, 0.15) is 0 Å². The van der Waals surface area contributed by atoms with E-state index >= 15 is 0 Å². The Morgan fingerprint density at radius 3 is 2.39 bits per heavy atom. The molecule has 0 unspecified atom stereocenters. The maximum absolute atomic E-state index is 12.5. The van der Waals surface area contributed by atoms with Gasteiger partial charge in [0.15, 0.2) is 5.78 Å². The fourth-order valence-corrected chi connectivity index (χ4v) is 2.60. The van der Waals surface area contributed by atoms with Gasteiger partial charge < -0.3 is 10.6 Å². The molecule has 0 aliphatic rings. The lowest BCUT2D eigenvalue weighted by Crippen LogP contribution is -2.30. The van der Waals surface area contributed by atoms with Crippen molar-refractivity contribution in [3.8, 4) is 0 Å². The van der Waals surface area contributed by atoms with Crippen LogP contribution in [0.1, 0.15) is 44.0 Å². The molecule has 0 radical (unpaired) electrons. The molecule has 0 saturated carbocycles. The fraction of sp³-hybridized carbons (Fsp3) is 0.286. The molecule has 0 aliphatic carbocycles. The molecule has 0 heterocycles. The van der Waals surface area contributed by atoms with E-state index in [-0.39, 0.29) is 18.1 Å². The summed E-state index contributed by atoms with van der Waals surface area (Å²) in [6.07, 6.45) is 0.324. The van der Waals surface area contributed by atoms with Gasteiger partial charge in [-0.1, -0.05) is 56.1 Å². The SMILES string of the molecule is CCC(C)(C)C(=O)Nc1cccc(C(=O)CC(=O)Nc2cc(Cl)ccc2Cl)c1. The number of halogens is 2. The van der Waals surface area contributed by atoms with Crippen LogP contribution in [0.4, 0.5) is 11.4 Å². The molecule has 148 valence electrons. The van der Waals surface area contributed by atoms with Gasteiger partial charge in [-0.3, -0.25) is 14.4 Å². The minimum atomic E-state index is -0.518. The van der Waals surface area contributed by atoms with Crippen LogP contribution in [0.3, 0.4) is 0 Å². The molecule has 0 saturated heterocycles. The molecule has 2 N–H and O–H groups in total. The molecule has 0 spiro atoms. The number of benzene rings is 2. The lowest BCUT2D eigenvalue weighted by atomic mass is 9.89. The maximum Gasteiger partial charge on any atom is 0.232 e. The Morgan fingerprint density at radius 2 is 1.71 bits per heavy atom. The second-order valence-corrected chi connectivity index (χ2v) is 7.89. The summed E-state index contributed by atoms with van der Waals surface area (Å²) in [5, 5.41) is 6.14. The first-order valence-corrected chi connectivity index (χ1v) is 9.57. The van der Waals surface area contributed by atoms with Gasteiger partial charge in [0, 0.05) is 21.7 Å². The number of ketones is 1. The Hall–Kier alpha value is -2.37. The van der Waals surface area contributed by atoms with Crippen molar-refractivity contribution >= 4 is 52.2 Å². The van der Waals surface area contributed by atoms with Gasteiger partial charge in [-0.15, -0.1) is 0 Å². The molecule has 0 atom stereocenters. The zero-order chi connectivity index (χ0) is 20.9. The number of hydrogen-bond donors (Lipinski definition) is 2. The van der Waals surface area contributed by atoms with E-state index in [1.807, 2.05) is 20.8 Å². The van der Waals surface area contributed by atoms with Crippen LogP contribution in [0, 0.1) is 5.41 Å². The largest absolute Gasteiger partial charge is 0.326 e. The lowest BCUT2D eigenvalue weighted by molar-refractivity contribution is -0.124. The van der Waals surface area contributed by atoms with E-state index in [1.165, 1.54) is 6.07 Å². The lowest BCUT2D eigenvalue weighted by Gasteiger charge is -2.21. The average Bonchev–Trinajstić information content (AvgIpc) is 2.64. The highest BCUT2D eigenvalue weighted by atomic mass is 35.5. The highest BCUT2D eigenvalue weighted by Gasteiger charge is 2.25. The molecule has 2 rings (SSSR count). The summed E-state index contributed by atoms with van der Waals surface area (Å²) in [4.78, 5) is 36.9. The summed E-state index contributed by atoms with van der Waals surface area (Å²) in [6, 6.07) is 11.2. The molecule has 7 heteroatoms. The molecule has 2 aromatic rings. The normalized spacial score (nSPS) is 11.0. The van der Waals surface area contributed by atoms with E-state index in [0.29, 0.717) is 33.4 Å². The van der Waals surface area contributed by atoms with E-state index in [4.69, 9.17) is 23.2 Å². The van der Waals surface area contributed by atoms with Gasteiger partial charge in [-0.25, -0.2) is 0 Å². The number of carbonyl (C=O) groups is 3. The molecule has 28 heavy (non-hydrogen) atoms. The van der Waals surface area contributed by atoms with Crippen LogP contribution in [0.15, 0.2) is 42.5 Å². The first-order chi connectivity index (χ1) is 13.1. The molecular formula is C21H22Cl2N2O3. The number of carbonyl (C=O) groups excluding carboxylic acids is 3. The first kappa shape index (κ1) is 21.9. The van der Waals surface area contributed by atoms with Gasteiger partial charge in [-0.2, -0.15) is 0 Å². The quantitative estimate of drug-likeness (QED) is 0.453. The minimum absolute atomic E-state index is 0.132. The van der Waals surface area contributed by atoms with Crippen LogP contribution >= 0.6 is 23.2 Å². The first-order valence-electron chi connectivity index (χ1n) is 8.82. The predicted octanol–water partition coefficient (Wildman–Crippen LogP) is 5.58. The molecule has 0 aliphatic heterocycles. The van der Waals surface area contributed by atoms with Gasteiger partial charge in [-0.05, 0) is 36.8 Å². The van der Waals surface area contributed by atoms with Crippen LogP contribution in [0.2, 0.25) is 10.0 Å². The van der Waals surface area contributed by atoms with Crippen molar-refractivity contribution < 1.29 is 14.4 Å². The summed E-state index contributed by atoms with van der Waals surface area (Å²) >= 11 is 11.9. The molecule has 2 amide bonds. The van der Waals surface area contributed by atoms with Gasteiger partial charge >= 0.3 is 0 Å². The number of rotatable bonds is 7. The number of nitrogens with one attached hydrogen (secondary N) is 2. The fourth-order valence-electron chi connectivity index (χ4n) is 2.27. The van der Waals surface area contributed by atoms with Crippen LogP contribution in [-0.2, 0) is 9.59 Å². The van der Waals surface area contributed by atoms with Gasteiger partial charge in [0.2, 0.25) is 11.8 Å². The molecule has 0 aromatic heterocycles. The van der Waals surface area contributed by atoms with Gasteiger partial charge in [0.05, 0.1) is 17.1 Å². The maximum atomic E-state index is 12.5. The summed E-state index contributed by atoms with van der Waals surface area (Å²) in [5.41, 5.74) is 0.667. The van der Waals surface area contributed by atoms with Crippen molar-refractivity contribution in [3.63, 3.8) is 0 Å². The van der Waals surface area contributed by atoms with E-state index in [0.717, 1.165) is 0 Å². The average molecular weight is 421 g/mol. The Balaban J connectivity index is 2.05. The smallest absolute Gasteiger partial charge is 0.232 e. The monoisotopic (exact) mass is 420 g/mol. The molecule has 0 fully saturated rings. The van der Waals surface area contributed by atoms with E-state index in [2.05, 4.69) is 10.6 Å². The van der Waals surface area contributed by atoms with Crippen LogP contribution in [0.25, 0.3) is 0 Å². The summed E-state index contributed by atoms with van der Waals surface area (Å²) in [7, 11) is 0. The van der Waals surface area contributed by atoms with Crippen molar-refractivity contribution in [2.45, 2.75) is 33.6 Å². The van der Waals surface area contributed by atoms with E-state index < -0.39 is 11.3 Å². The van der Waals surface area contributed by atoms with Crippen LogP contribution in [0.5, 0.6) is 0 Å². The summed E-state index contributed by atoms with van der Waals surface area (Å²) < 4.78 is 0. The Kier molecular flexibility index (Phi) is 7.22. The van der Waals surface area contributed by atoms with Crippen molar-refractivity contribution in [1.29, 1.82) is 0 Å². The number of hydrogen-bond acceptors (Lipinski definition) is 3. The Bertz CT molecular complexity index is 910. The van der Waals surface area contributed by atoms with E-state index in [9.17, 15) is 14.4 Å². The highest BCUT2D eigenvalue weighted by molar-refractivity contribution is 6.35. The predicted molar refractivity (Wildman–Crippen MR) is 113 cm³/mol. The minimum Gasteiger partial charge on any atom is -0.326 e. The Labute approximate surface area is 174 Å². The van der Waals surface area contributed by atoms with E-state index in [1.54, 1.807) is 36.4 Å². The topological polar surface area (TPSA) is 75.3 Å². The van der Waals surface area contributed by atoms with Crippen LogP contribution < -0.4 is 10.6 Å². The molecule has 2 aromatic carbocycles. The molecule has 5 nitrogen and oxygen atoms in total. The van der Waals surface area contributed by atoms with Crippen molar-refractivity contribution in [3.05, 3.63) is 58.1 Å². The third-order valence-corrected chi connectivity index (χ3v) is 5.03. The second kappa shape index (κ2) is 9.22. The third kappa shape index (κ3) is 5.81. The number of amides is 2. The van der Waals surface area contributed by atoms with Crippen LogP contribution in [-0.4, -0.2) is 17.6 Å². The van der Waals surface area contributed by atoms with Crippen molar-refractivity contribution in [2.75, 3.05) is 10.6 Å². The second-order valence-electron chi connectivity index (χ2n) is 7.04. The summed E-state index contributed by atoms with van der Waals surface area (Å²) in [6.45, 7) is 5.63. The van der Waals surface area contributed by atoms with Gasteiger partial charge in [0.25, 0.3) is 0 Å². The third-order valence-electron chi connectivity index (χ3n) is 4.46. The summed E-state index contributed by atoms with van der Waals surface area (Å²) in [5.74, 6) is -1.01. The molecular weight excluding hydrogens is 399 g/mol. The number of anilines is 2.